The van der Waals surface area contributed by atoms with Crippen LogP contribution in [0.2, 0.25) is 0 Å². The van der Waals surface area contributed by atoms with Crippen LogP contribution in [0.3, 0.4) is 0 Å². The van der Waals surface area contributed by atoms with Crippen LogP contribution in [-0.4, -0.2) is 18.0 Å². The highest BCUT2D eigenvalue weighted by molar-refractivity contribution is 6.04. The van der Waals surface area contributed by atoms with Gasteiger partial charge in [0.15, 0.2) is 5.43 Å². The second-order valence-electron chi connectivity index (χ2n) is 5.38. The molecule has 1 amide bonds. The Bertz CT molecular complexity index is 747. The summed E-state index contributed by atoms with van der Waals surface area (Å²) in [5.74, 6) is 0.324. The van der Waals surface area contributed by atoms with Crippen molar-refractivity contribution in [3.63, 3.8) is 0 Å². The zero-order chi connectivity index (χ0) is 15.5. The summed E-state index contributed by atoms with van der Waals surface area (Å²) in [5.41, 5.74) is 2.37. The number of nitrogens with one attached hydrogen (secondary N) is 2. The van der Waals surface area contributed by atoms with Crippen molar-refractivity contribution in [3.8, 4) is 5.75 Å². The molecule has 0 saturated heterocycles. The number of pyridine rings is 1. The summed E-state index contributed by atoms with van der Waals surface area (Å²) in [7, 11) is 1.58. The van der Waals surface area contributed by atoms with Gasteiger partial charge in [-0.1, -0.05) is 0 Å². The first kappa shape index (κ1) is 14.4. The number of aryl methyl sites for hydroxylation is 1. The number of fused-ring (bicyclic) bond motifs is 1. The summed E-state index contributed by atoms with van der Waals surface area (Å²) < 4.78 is 5.07. The van der Waals surface area contributed by atoms with Gasteiger partial charge in [-0.15, -0.1) is 0 Å². The minimum absolute atomic E-state index is 0.153. The molecule has 2 N–H and O–H groups in total. The summed E-state index contributed by atoms with van der Waals surface area (Å²) in [4.78, 5) is 27.9. The van der Waals surface area contributed by atoms with Gasteiger partial charge in [0, 0.05) is 23.1 Å². The van der Waals surface area contributed by atoms with E-state index < -0.39 is 0 Å². The number of hydrogen-bond acceptors (Lipinski definition) is 3. The fourth-order valence-electron chi connectivity index (χ4n) is 2.74. The van der Waals surface area contributed by atoms with Gasteiger partial charge in [0.05, 0.1) is 7.11 Å². The first-order valence-corrected chi connectivity index (χ1v) is 7.38. The first-order valence-electron chi connectivity index (χ1n) is 7.38. The van der Waals surface area contributed by atoms with Gasteiger partial charge in [-0.2, -0.15) is 0 Å². The number of benzene rings is 1. The maximum absolute atomic E-state index is 12.4. The molecule has 0 aliphatic heterocycles. The molecule has 0 bridgehead atoms. The lowest BCUT2D eigenvalue weighted by Gasteiger charge is -2.15. The summed E-state index contributed by atoms with van der Waals surface area (Å²) in [6, 6.07) is 6.99. The fourth-order valence-corrected chi connectivity index (χ4v) is 2.74. The van der Waals surface area contributed by atoms with Gasteiger partial charge in [-0.3, -0.25) is 9.59 Å². The minimum atomic E-state index is -0.389. The van der Waals surface area contributed by atoms with Crippen LogP contribution in [0.25, 0.3) is 0 Å². The summed E-state index contributed by atoms with van der Waals surface area (Å²) in [5, 5.41) is 2.74. The van der Waals surface area contributed by atoms with Crippen molar-refractivity contribution in [2.45, 2.75) is 25.7 Å². The monoisotopic (exact) mass is 298 g/mol. The number of ether oxygens (including phenoxy) is 1. The molecule has 2 aromatic rings. The number of amides is 1. The largest absolute Gasteiger partial charge is 0.497 e. The molecule has 5 heteroatoms. The van der Waals surface area contributed by atoms with Crippen LogP contribution in [0.5, 0.6) is 5.75 Å². The molecule has 0 radical (unpaired) electrons. The number of aromatic nitrogens is 1. The number of methoxy groups -OCH3 is 1. The molecule has 1 aliphatic rings. The fraction of sp³-hybridized carbons (Fsp3) is 0.294. The predicted molar refractivity (Wildman–Crippen MR) is 84.7 cm³/mol. The lowest BCUT2D eigenvalue weighted by Crippen LogP contribution is -2.27. The predicted octanol–water partition coefficient (Wildman–Crippen LogP) is 2.51. The van der Waals surface area contributed by atoms with Crippen LogP contribution in [0.1, 0.15) is 34.5 Å². The van der Waals surface area contributed by atoms with E-state index in [4.69, 9.17) is 4.74 Å². The van der Waals surface area contributed by atoms with E-state index >= 15 is 0 Å². The molecule has 0 fully saturated rings. The molecule has 0 spiro atoms. The molecule has 0 saturated carbocycles. The molecular formula is C17H18N2O3. The average Bonchev–Trinajstić information content (AvgIpc) is 2.56. The summed E-state index contributed by atoms with van der Waals surface area (Å²) >= 11 is 0. The van der Waals surface area contributed by atoms with Crippen LogP contribution in [0.15, 0.2) is 35.3 Å². The molecule has 1 aromatic carbocycles. The number of carbonyl (C=O) groups excluding carboxylic acids is 1. The van der Waals surface area contributed by atoms with Crippen LogP contribution in [-0.2, 0) is 12.8 Å². The molecule has 1 heterocycles. The van der Waals surface area contributed by atoms with Gasteiger partial charge < -0.3 is 15.0 Å². The van der Waals surface area contributed by atoms with Crippen LogP contribution >= 0.6 is 0 Å². The minimum Gasteiger partial charge on any atom is -0.497 e. The number of carbonyl (C=O) groups is 1. The zero-order valence-electron chi connectivity index (χ0n) is 12.4. The average molecular weight is 298 g/mol. The normalized spacial score (nSPS) is 13.3. The number of rotatable bonds is 3. The van der Waals surface area contributed by atoms with Crippen molar-refractivity contribution in [3.05, 3.63) is 57.5 Å². The number of aromatic amines is 1. The van der Waals surface area contributed by atoms with Crippen LogP contribution in [0, 0.1) is 0 Å². The SMILES string of the molecule is COc1ccc(NC(=O)c2c[nH]c3c(c2=O)CCCC3)cc1. The van der Waals surface area contributed by atoms with Crippen molar-refractivity contribution < 1.29 is 9.53 Å². The molecule has 3 rings (SSSR count). The summed E-state index contributed by atoms with van der Waals surface area (Å²) in [6.07, 6.45) is 5.23. The Morgan fingerprint density at radius 1 is 1.18 bits per heavy atom. The molecule has 114 valence electrons. The maximum atomic E-state index is 12.4. The maximum Gasteiger partial charge on any atom is 0.261 e. The van der Waals surface area contributed by atoms with E-state index in [1.807, 2.05) is 0 Å². The van der Waals surface area contributed by atoms with Gasteiger partial charge in [0.2, 0.25) is 0 Å². The van der Waals surface area contributed by atoms with Crippen LogP contribution < -0.4 is 15.5 Å². The third-order valence-corrected chi connectivity index (χ3v) is 3.97. The Kier molecular flexibility index (Phi) is 3.96. The van der Waals surface area contributed by atoms with Crippen LogP contribution in [0.4, 0.5) is 5.69 Å². The Morgan fingerprint density at radius 2 is 1.91 bits per heavy atom. The second kappa shape index (κ2) is 6.05. The standard InChI is InChI=1S/C17H18N2O3/c1-22-12-8-6-11(7-9-12)19-17(21)14-10-18-15-5-3-2-4-13(15)16(14)20/h6-10H,2-5H2,1H3,(H,18,20)(H,19,21). The number of H-pyrrole nitrogens is 1. The van der Waals surface area contributed by atoms with E-state index in [0.717, 1.165) is 36.9 Å². The highest BCUT2D eigenvalue weighted by Crippen LogP contribution is 2.18. The smallest absolute Gasteiger partial charge is 0.261 e. The second-order valence-corrected chi connectivity index (χ2v) is 5.38. The van der Waals surface area contributed by atoms with E-state index in [1.54, 1.807) is 31.4 Å². The molecule has 1 aliphatic carbocycles. The Morgan fingerprint density at radius 3 is 2.64 bits per heavy atom. The molecular weight excluding hydrogens is 280 g/mol. The zero-order valence-corrected chi connectivity index (χ0v) is 12.4. The lowest BCUT2D eigenvalue weighted by atomic mass is 9.94. The molecule has 0 atom stereocenters. The Balaban J connectivity index is 1.84. The van der Waals surface area contributed by atoms with Crippen molar-refractivity contribution in [2.75, 3.05) is 12.4 Å². The van der Waals surface area contributed by atoms with Crippen molar-refractivity contribution in [2.24, 2.45) is 0 Å². The number of hydrogen-bond donors (Lipinski definition) is 2. The quantitative estimate of drug-likeness (QED) is 0.914. The van der Waals surface area contributed by atoms with Gasteiger partial charge in [0.1, 0.15) is 11.3 Å². The first-order chi connectivity index (χ1) is 10.7. The van der Waals surface area contributed by atoms with E-state index in [-0.39, 0.29) is 16.9 Å². The molecule has 0 unspecified atom stereocenters. The van der Waals surface area contributed by atoms with Crippen molar-refractivity contribution in [1.82, 2.24) is 4.98 Å². The lowest BCUT2D eigenvalue weighted by molar-refractivity contribution is 0.102. The molecule has 5 nitrogen and oxygen atoms in total. The Labute approximate surface area is 128 Å². The highest BCUT2D eigenvalue weighted by Gasteiger charge is 2.19. The van der Waals surface area contributed by atoms with E-state index in [2.05, 4.69) is 10.3 Å². The van der Waals surface area contributed by atoms with E-state index in [0.29, 0.717) is 11.4 Å². The van der Waals surface area contributed by atoms with E-state index in [1.165, 1.54) is 6.20 Å². The third kappa shape index (κ3) is 2.74. The summed E-state index contributed by atoms with van der Waals surface area (Å²) in [6.45, 7) is 0. The van der Waals surface area contributed by atoms with Gasteiger partial charge in [-0.05, 0) is 49.9 Å². The highest BCUT2D eigenvalue weighted by atomic mass is 16.5. The van der Waals surface area contributed by atoms with Crippen molar-refractivity contribution >= 4 is 11.6 Å². The third-order valence-electron chi connectivity index (χ3n) is 3.97. The topological polar surface area (TPSA) is 71.2 Å². The Hall–Kier alpha value is -2.56. The van der Waals surface area contributed by atoms with Crippen molar-refractivity contribution in [1.29, 1.82) is 0 Å². The number of anilines is 1. The van der Waals surface area contributed by atoms with E-state index in [9.17, 15) is 9.59 Å². The molecule has 1 aromatic heterocycles. The molecule has 22 heavy (non-hydrogen) atoms. The van der Waals surface area contributed by atoms with Gasteiger partial charge in [-0.25, -0.2) is 0 Å². The van der Waals surface area contributed by atoms with Gasteiger partial charge >= 0.3 is 0 Å². The van der Waals surface area contributed by atoms with Gasteiger partial charge in [0.25, 0.3) is 5.91 Å².